The molecule has 0 bridgehead atoms. The third-order valence-corrected chi connectivity index (χ3v) is 1.83. The number of esters is 1. The van der Waals surface area contributed by atoms with E-state index in [0.29, 0.717) is 10.0 Å². The predicted octanol–water partition coefficient (Wildman–Crippen LogP) is 3.35. The van der Waals surface area contributed by atoms with E-state index in [0.717, 1.165) is 0 Å². The van der Waals surface area contributed by atoms with Gasteiger partial charge in [-0.15, -0.1) is 0 Å². The lowest BCUT2D eigenvalue weighted by atomic mass is 10.2. The minimum atomic E-state index is -0.542. The highest BCUT2D eigenvalue weighted by Gasteiger charge is 2.08. The second kappa shape index (κ2) is 4.70. The molecule has 0 heterocycles. The van der Waals surface area contributed by atoms with Crippen molar-refractivity contribution in [3.8, 4) is 0 Å². The molecule has 0 aromatic heterocycles. The fourth-order valence-electron chi connectivity index (χ4n) is 0.805. The van der Waals surface area contributed by atoms with Crippen LogP contribution in [0.1, 0.15) is 10.4 Å². The SMILES string of the molecule is O=C(OCCl)c1cc(Cl)cc(Cl)c1. The highest BCUT2D eigenvalue weighted by molar-refractivity contribution is 6.35. The van der Waals surface area contributed by atoms with Gasteiger partial charge in [-0.3, -0.25) is 0 Å². The fraction of sp³-hybridized carbons (Fsp3) is 0.125. The number of carbonyl (C=O) groups excluding carboxylic acids is 1. The second-order valence-electron chi connectivity index (χ2n) is 2.20. The van der Waals surface area contributed by atoms with E-state index >= 15 is 0 Å². The Bertz CT molecular complexity index is 305. The Hall–Kier alpha value is -0.440. The summed E-state index contributed by atoms with van der Waals surface area (Å²) in [6, 6.07) is 4.26. The molecule has 0 radical (unpaired) electrons. The Kier molecular flexibility index (Phi) is 3.85. The van der Waals surface area contributed by atoms with Crippen molar-refractivity contribution in [3.63, 3.8) is 0 Å². The van der Waals surface area contributed by atoms with Gasteiger partial charge >= 0.3 is 5.97 Å². The maximum absolute atomic E-state index is 11.1. The quantitative estimate of drug-likeness (QED) is 0.584. The Morgan fingerprint density at radius 3 is 2.23 bits per heavy atom. The molecule has 1 aromatic rings. The molecule has 0 unspecified atom stereocenters. The van der Waals surface area contributed by atoms with Crippen LogP contribution in [0.3, 0.4) is 0 Å². The van der Waals surface area contributed by atoms with Gasteiger partial charge in [0.15, 0.2) is 6.07 Å². The highest BCUT2D eigenvalue weighted by atomic mass is 35.5. The summed E-state index contributed by atoms with van der Waals surface area (Å²) >= 11 is 16.6. The number of rotatable bonds is 2. The molecule has 70 valence electrons. The molecule has 2 nitrogen and oxygen atoms in total. The van der Waals surface area contributed by atoms with Gasteiger partial charge in [-0.25, -0.2) is 4.79 Å². The van der Waals surface area contributed by atoms with Crippen molar-refractivity contribution in [2.45, 2.75) is 0 Å². The number of hydrogen-bond donors (Lipinski definition) is 0. The molecule has 0 amide bonds. The largest absolute Gasteiger partial charge is 0.446 e. The minimum absolute atomic E-state index is 0.192. The molecule has 5 heteroatoms. The number of alkyl halides is 1. The third kappa shape index (κ3) is 3.07. The van der Waals surface area contributed by atoms with Gasteiger partial charge < -0.3 is 4.74 Å². The zero-order chi connectivity index (χ0) is 9.84. The molecule has 1 rings (SSSR count). The van der Waals surface area contributed by atoms with Crippen LogP contribution < -0.4 is 0 Å². The van der Waals surface area contributed by atoms with Gasteiger partial charge in [0.2, 0.25) is 0 Å². The molecule has 0 aliphatic heterocycles. The molecule has 0 spiro atoms. The van der Waals surface area contributed by atoms with E-state index in [-0.39, 0.29) is 11.6 Å². The zero-order valence-corrected chi connectivity index (χ0v) is 8.66. The number of halogens is 3. The normalized spacial score (nSPS) is 9.77. The van der Waals surface area contributed by atoms with Gasteiger partial charge in [0.05, 0.1) is 5.56 Å². The van der Waals surface area contributed by atoms with Crippen molar-refractivity contribution >= 4 is 40.8 Å². The lowest BCUT2D eigenvalue weighted by Crippen LogP contribution is -2.03. The number of benzene rings is 1. The van der Waals surface area contributed by atoms with Crippen LogP contribution in [0.4, 0.5) is 0 Å². The summed E-state index contributed by atoms with van der Waals surface area (Å²) in [7, 11) is 0. The lowest BCUT2D eigenvalue weighted by Gasteiger charge is -2.01. The summed E-state index contributed by atoms with van der Waals surface area (Å²) in [4.78, 5) is 11.1. The highest BCUT2D eigenvalue weighted by Crippen LogP contribution is 2.19. The molecule has 0 saturated heterocycles. The van der Waals surface area contributed by atoms with Crippen LogP contribution >= 0.6 is 34.8 Å². The van der Waals surface area contributed by atoms with Crippen molar-refractivity contribution in [1.82, 2.24) is 0 Å². The molecular formula is C8H5Cl3O2. The van der Waals surface area contributed by atoms with E-state index in [2.05, 4.69) is 4.74 Å². The first kappa shape index (κ1) is 10.6. The predicted molar refractivity (Wildman–Crippen MR) is 52.6 cm³/mol. The van der Waals surface area contributed by atoms with Gasteiger partial charge in [-0.1, -0.05) is 34.8 Å². The average Bonchev–Trinajstić information content (AvgIpc) is 2.03. The van der Waals surface area contributed by atoms with E-state index < -0.39 is 5.97 Å². The van der Waals surface area contributed by atoms with Crippen molar-refractivity contribution in [3.05, 3.63) is 33.8 Å². The van der Waals surface area contributed by atoms with E-state index in [9.17, 15) is 4.79 Å². The van der Waals surface area contributed by atoms with Gasteiger partial charge in [0, 0.05) is 10.0 Å². The van der Waals surface area contributed by atoms with Gasteiger partial charge in [0.25, 0.3) is 0 Å². The zero-order valence-electron chi connectivity index (χ0n) is 6.39. The third-order valence-electron chi connectivity index (χ3n) is 1.28. The molecule has 0 aliphatic rings. The first-order valence-electron chi connectivity index (χ1n) is 3.32. The van der Waals surface area contributed by atoms with E-state index in [1.807, 2.05) is 0 Å². The molecule has 0 N–H and O–H groups in total. The molecular weight excluding hydrogens is 234 g/mol. The topological polar surface area (TPSA) is 26.3 Å². The van der Waals surface area contributed by atoms with Crippen LogP contribution in [0.25, 0.3) is 0 Å². The summed E-state index contributed by atoms with van der Waals surface area (Å²) in [5.74, 6) is -0.542. The molecule has 13 heavy (non-hydrogen) atoms. The first-order chi connectivity index (χ1) is 6.13. The van der Waals surface area contributed by atoms with Crippen LogP contribution in [0.15, 0.2) is 18.2 Å². The van der Waals surface area contributed by atoms with E-state index in [1.165, 1.54) is 18.2 Å². The summed E-state index contributed by atoms with van der Waals surface area (Å²) < 4.78 is 4.55. The van der Waals surface area contributed by atoms with Crippen molar-refractivity contribution in [2.75, 3.05) is 6.07 Å². The monoisotopic (exact) mass is 238 g/mol. The van der Waals surface area contributed by atoms with E-state index in [1.54, 1.807) is 0 Å². The van der Waals surface area contributed by atoms with Crippen LogP contribution in [0.5, 0.6) is 0 Å². The summed E-state index contributed by atoms with van der Waals surface area (Å²) in [5.41, 5.74) is 0.290. The first-order valence-corrected chi connectivity index (χ1v) is 4.61. The Labute approximate surface area is 90.3 Å². The lowest BCUT2D eigenvalue weighted by molar-refractivity contribution is 0.0574. The Morgan fingerprint density at radius 1 is 1.23 bits per heavy atom. The number of carbonyl (C=O) groups is 1. The van der Waals surface area contributed by atoms with Crippen molar-refractivity contribution in [2.24, 2.45) is 0 Å². The maximum Gasteiger partial charge on any atom is 0.339 e. The van der Waals surface area contributed by atoms with Gasteiger partial charge in [-0.2, -0.15) is 0 Å². The molecule has 0 aliphatic carbocycles. The summed E-state index contributed by atoms with van der Waals surface area (Å²) in [6.45, 7) is 0. The van der Waals surface area contributed by atoms with Crippen molar-refractivity contribution < 1.29 is 9.53 Å². The molecule has 0 atom stereocenters. The molecule has 0 fully saturated rings. The van der Waals surface area contributed by atoms with Crippen LogP contribution in [0.2, 0.25) is 10.0 Å². The molecule has 0 saturated carbocycles. The van der Waals surface area contributed by atoms with Crippen LogP contribution in [-0.2, 0) is 4.74 Å². The Balaban J connectivity index is 2.94. The summed E-state index contributed by atoms with van der Waals surface area (Å²) in [6.07, 6.45) is 0. The molecule has 1 aromatic carbocycles. The van der Waals surface area contributed by atoms with Crippen LogP contribution in [-0.4, -0.2) is 12.0 Å². The van der Waals surface area contributed by atoms with Gasteiger partial charge in [0.1, 0.15) is 0 Å². The van der Waals surface area contributed by atoms with Crippen molar-refractivity contribution in [1.29, 1.82) is 0 Å². The standard InChI is InChI=1S/C8H5Cl3O2/c9-4-13-8(12)5-1-6(10)3-7(11)2-5/h1-3H,4H2. The Morgan fingerprint density at radius 2 is 1.77 bits per heavy atom. The van der Waals surface area contributed by atoms with Gasteiger partial charge in [-0.05, 0) is 18.2 Å². The maximum atomic E-state index is 11.1. The minimum Gasteiger partial charge on any atom is -0.446 e. The smallest absolute Gasteiger partial charge is 0.339 e. The van der Waals surface area contributed by atoms with Crippen LogP contribution in [0, 0.1) is 0 Å². The number of hydrogen-bond acceptors (Lipinski definition) is 2. The average molecular weight is 239 g/mol. The number of ether oxygens (including phenoxy) is 1. The second-order valence-corrected chi connectivity index (χ2v) is 3.29. The van der Waals surface area contributed by atoms with E-state index in [4.69, 9.17) is 34.8 Å². The fourth-order valence-corrected chi connectivity index (χ4v) is 1.43. The summed E-state index contributed by atoms with van der Waals surface area (Å²) in [5, 5.41) is 0.767.